The van der Waals surface area contributed by atoms with Gasteiger partial charge in [-0.3, -0.25) is 4.79 Å². The summed E-state index contributed by atoms with van der Waals surface area (Å²) in [5.41, 5.74) is -0.126. The Labute approximate surface area is 148 Å². The van der Waals surface area contributed by atoms with Crippen molar-refractivity contribution in [3.05, 3.63) is 30.3 Å². The quantitative estimate of drug-likeness (QED) is 0.808. The van der Waals surface area contributed by atoms with Crippen LogP contribution in [0.25, 0.3) is 0 Å². The lowest BCUT2D eigenvalue weighted by molar-refractivity contribution is -0.146. The Morgan fingerprint density at radius 1 is 0.920 bits per heavy atom. The lowest BCUT2D eigenvalue weighted by Crippen LogP contribution is -2.54. The molecule has 4 aliphatic carbocycles. The van der Waals surface area contributed by atoms with E-state index in [1.807, 2.05) is 18.2 Å². The summed E-state index contributed by atoms with van der Waals surface area (Å²) in [6, 6.07) is 8.95. The number of hydrogen-bond donors (Lipinski definition) is 2. The molecular weight excluding hydrogens is 316 g/mol. The van der Waals surface area contributed by atoms with E-state index in [2.05, 4.69) is 10.6 Å². The number of carbonyl (C=O) groups is 2. The average molecular weight is 342 g/mol. The van der Waals surface area contributed by atoms with Gasteiger partial charge in [0.1, 0.15) is 5.75 Å². The van der Waals surface area contributed by atoms with Gasteiger partial charge in [0.25, 0.3) is 0 Å². The van der Waals surface area contributed by atoms with Gasteiger partial charge in [-0.1, -0.05) is 18.2 Å². The van der Waals surface area contributed by atoms with Gasteiger partial charge in [0, 0.05) is 18.5 Å². The lowest BCUT2D eigenvalue weighted by atomic mass is 9.49. The van der Waals surface area contributed by atoms with Crippen molar-refractivity contribution in [2.75, 3.05) is 13.1 Å². The summed E-state index contributed by atoms with van der Waals surface area (Å²) in [5.74, 6) is 2.99. The van der Waals surface area contributed by atoms with Gasteiger partial charge in [0.2, 0.25) is 5.91 Å². The third-order valence-electron chi connectivity index (χ3n) is 6.15. The zero-order valence-corrected chi connectivity index (χ0v) is 14.5. The Balaban J connectivity index is 1.21. The van der Waals surface area contributed by atoms with Crippen molar-refractivity contribution in [2.24, 2.45) is 23.2 Å². The Morgan fingerprint density at radius 3 is 2.08 bits per heavy atom. The number of nitrogens with one attached hydrogen (secondary N) is 2. The third-order valence-corrected chi connectivity index (χ3v) is 6.15. The standard InChI is InChI=1S/C20H26N2O3/c23-18(20-11-14-8-15(12-20)10-16(9-14)13-20)21-6-7-22-19(24)25-17-4-2-1-3-5-17/h1-5,14-16H,6-13H2,(H,21,23)(H,22,24). The molecule has 0 heterocycles. The van der Waals surface area contributed by atoms with Gasteiger partial charge < -0.3 is 15.4 Å². The van der Waals surface area contributed by atoms with Crippen molar-refractivity contribution in [3.8, 4) is 5.75 Å². The largest absolute Gasteiger partial charge is 0.412 e. The van der Waals surface area contributed by atoms with Crippen molar-refractivity contribution in [1.82, 2.24) is 10.6 Å². The molecule has 0 aromatic heterocycles. The second-order valence-corrected chi connectivity index (χ2v) is 8.08. The first-order valence-electron chi connectivity index (χ1n) is 9.42. The van der Waals surface area contributed by atoms with Crippen molar-refractivity contribution >= 4 is 12.0 Å². The van der Waals surface area contributed by atoms with Crippen molar-refractivity contribution < 1.29 is 14.3 Å². The zero-order chi connectivity index (χ0) is 17.3. The van der Waals surface area contributed by atoms with Gasteiger partial charge in [-0.05, 0) is 68.4 Å². The average Bonchev–Trinajstić information content (AvgIpc) is 2.58. The molecule has 4 fully saturated rings. The number of hydrogen-bond acceptors (Lipinski definition) is 3. The van der Waals surface area contributed by atoms with E-state index in [0.717, 1.165) is 37.0 Å². The highest BCUT2D eigenvalue weighted by Gasteiger charge is 2.54. The van der Waals surface area contributed by atoms with Crippen molar-refractivity contribution in [1.29, 1.82) is 0 Å². The molecule has 5 nitrogen and oxygen atoms in total. The predicted molar refractivity (Wildman–Crippen MR) is 94.1 cm³/mol. The number of amides is 2. The van der Waals surface area contributed by atoms with E-state index in [9.17, 15) is 9.59 Å². The Morgan fingerprint density at radius 2 is 1.48 bits per heavy atom. The Hall–Kier alpha value is -2.04. The summed E-state index contributed by atoms with van der Waals surface area (Å²) in [5, 5.41) is 5.73. The second-order valence-electron chi connectivity index (χ2n) is 8.08. The lowest BCUT2D eigenvalue weighted by Gasteiger charge is -2.55. The molecule has 5 rings (SSSR count). The van der Waals surface area contributed by atoms with Gasteiger partial charge in [-0.15, -0.1) is 0 Å². The van der Waals surface area contributed by atoms with Crippen LogP contribution >= 0.6 is 0 Å². The predicted octanol–water partition coefficient (Wildman–Crippen LogP) is 3.11. The zero-order valence-electron chi connectivity index (χ0n) is 14.5. The first-order chi connectivity index (χ1) is 12.1. The highest BCUT2D eigenvalue weighted by molar-refractivity contribution is 5.83. The molecule has 0 spiro atoms. The van der Waals surface area contributed by atoms with Crippen LogP contribution in [-0.4, -0.2) is 25.1 Å². The normalized spacial score (nSPS) is 32.2. The summed E-state index contributed by atoms with van der Waals surface area (Å²) < 4.78 is 5.16. The summed E-state index contributed by atoms with van der Waals surface area (Å²) >= 11 is 0. The highest BCUT2D eigenvalue weighted by atomic mass is 16.6. The summed E-state index contributed by atoms with van der Waals surface area (Å²) in [6.45, 7) is 0.828. The van der Waals surface area contributed by atoms with Crippen LogP contribution < -0.4 is 15.4 Å². The van der Waals surface area contributed by atoms with Crippen LogP contribution in [0, 0.1) is 23.2 Å². The van der Waals surface area contributed by atoms with E-state index < -0.39 is 6.09 Å². The molecule has 4 aliphatic rings. The molecule has 0 saturated heterocycles. The Bertz CT molecular complexity index is 608. The number of benzene rings is 1. The number of ether oxygens (including phenoxy) is 1. The van der Waals surface area contributed by atoms with E-state index in [-0.39, 0.29) is 11.3 Å². The molecule has 1 aromatic carbocycles. The van der Waals surface area contributed by atoms with Gasteiger partial charge in [-0.25, -0.2) is 4.79 Å². The first-order valence-corrected chi connectivity index (χ1v) is 9.42. The minimum atomic E-state index is -0.491. The second kappa shape index (κ2) is 6.70. The molecule has 2 N–H and O–H groups in total. The van der Waals surface area contributed by atoms with Gasteiger partial charge in [-0.2, -0.15) is 0 Å². The van der Waals surface area contributed by atoms with Gasteiger partial charge >= 0.3 is 6.09 Å². The molecule has 5 heteroatoms. The monoisotopic (exact) mass is 342 g/mol. The minimum absolute atomic E-state index is 0.126. The molecule has 134 valence electrons. The van der Waals surface area contributed by atoms with E-state index >= 15 is 0 Å². The van der Waals surface area contributed by atoms with Crippen LogP contribution in [0.2, 0.25) is 0 Å². The van der Waals surface area contributed by atoms with Crippen LogP contribution in [0.1, 0.15) is 38.5 Å². The molecule has 0 atom stereocenters. The van der Waals surface area contributed by atoms with Crippen LogP contribution in [0.5, 0.6) is 5.75 Å². The van der Waals surface area contributed by atoms with Crippen LogP contribution in [0.4, 0.5) is 4.79 Å². The third kappa shape index (κ3) is 3.51. The maximum atomic E-state index is 12.8. The molecular formula is C20H26N2O3. The van der Waals surface area contributed by atoms with Gasteiger partial charge in [0.05, 0.1) is 0 Å². The summed E-state index contributed by atoms with van der Waals surface area (Å²) in [4.78, 5) is 24.5. The van der Waals surface area contributed by atoms with E-state index in [0.29, 0.717) is 18.8 Å². The smallest absolute Gasteiger partial charge is 0.410 e. The fraction of sp³-hybridized carbons (Fsp3) is 0.600. The van der Waals surface area contributed by atoms with Crippen molar-refractivity contribution in [2.45, 2.75) is 38.5 Å². The van der Waals surface area contributed by atoms with Crippen molar-refractivity contribution in [3.63, 3.8) is 0 Å². The van der Waals surface area contributed by atoms with Gasteiger partial charge in [0.15, 0.2) is 0 Å². The van der Waals surface area contributed by atoms with E-state index in [4.69, 9.17) is 4.74 Å². The van der Waals surface area contributed by atoms with E-state index in [1.165, 1.54) is 19.3 Å². The van der Waals surface area contributed by atoms with Crippen LogP contribution in [0.3, 0.4) is 0 Å². The molecule has 4 bridgehead atoms. The summed E-state index contributed by atoms with van der Waals surface area (Å²) in [7, 11) is 0. The fourth-order valence-corrected chi connectivity index (χ4v) is 5.55. The maximum absolute atomic E-state index is 12.8. The van der Waals surface area contributed by atoms with Crippen LogP contribution in [-0.2, 0) is 4.79 Å². The minimum Gasteiger partial charge on any atom is -0.410 e. The maximum Gasteiger partial charge on any atom is 0.412 e. The van der Waals surface area contributed by atoms with E-state index in [1.54, 1.807) is 12.1 Å². The molecule has 25 heavy (non-hydrogen) atoms. The molecule has 0 radical (unpaired) electrons. The first kappa shape index (κ1) is 16.4. The summed E-state index contributed by atoms with van der Waals surface area (Å²) in [6.07, 6.45) is 6.70. The molecule has 2 amide bonds. The molecule has 1 aromatic rings. The number of para-hydroxylation sites is 1. The Kier molecular flexibility index (Phi) is 4.40. The SMILES string of the molecule is O=C(NCCNC(=O)C12CC3CC(CC(C3)C1)C2)Oc1ccccc1. The number of carbonyl (C=O) groups excluding carboxylic acids is 2. The topological polar surface area (TPSA) is 67.4 Å². The molecule has 4 saturated carbocycles. The van der Waals surface area contributed by atoms with Crippen LogP contribution in [0.15, 0.2) is 30.3 Å². The number of rotatable bonds is 5. The molecule has 0 aliphatic heterocycles. The fourth-order valence-electron chi connectivity index (χ4n) is 5.55. The highest BCUT2D eigenvalue weighted by Crippen LogP contribution is 2.60. The molecule has 0 unspecified atom stereocenters.